The number of carbonyl (C=O) groups excluding carboxylic acids is 1. The lowest BCUT2D eigenvalue weighted by Gasteiger charge is -2.29. The van der Waals surface area contributed by atoms with Gasteiger partial charge >= 0.3 is 0 Å². The average molecular weight is 273 g/mol. The number of hydrogen-bond acceptors (Lipinski definition) is 3. The van der Waals surface area contributed by atoms with E-state index in [1.54, 1.807) is 7.05 Å². The number of likely N-dealkylation sites (N-methyl/N-ethyl adjacent to an activating group) is 1. The topological polar surface area (TPSA) is 44.4 Å². The van der Waals surface area contributed by atoms with Gasteiger partial charge in [0.15, 0.2) is 0 Å². The largest absolute Gasteiger partial charge is 0.382 e. The Labute approximate surface area is 120 Å². The molecule has 0 saturated carbocycles. The molecule has 4 heteroatoms. The van der Waals surface area contributed by atoms with Crippen molar-refractivity contribution in [2.45, 2.75) is 44.7 Å². The minimum Gasteiger partial charge on any atom is -0.382 e. The molecule has 2 N–H and O–H groups in total. The molecule has 0 aromatic heterocycles. The Balaban J connectivity index is 1.85. The van der Waals surface area contributed by atoms with Crippen LogP contribution in [0, 0.1) is 0 Å². The number of amides is 1. The molecule has 2 aliphatic heterocycles. The van der Waals surface area contributed by atoms with Crippen LogP contribution in [0.15, 0.2) is 18.2 Å². The Hall–Kier alpha value is -1.71. The maximum absolute atomic E-state index is 12.0. The van der Waals surface area contributed by atoms with Crippen molar-refractivity contribution in [3.05, 3.63) is 23.8 Å². The number of rotatable bonds is 2. The molecule has 4 nitrogen and oxygen atoms in total. The predicted octanol–water partition coefficient (Wildman–Crippen LogP) is 2.15. The van der Waals surface area contributed by atoms with Gasteiger partial charge in [-0.1, -0.05) is 0 Å². The predicted molar refractivity (Wildman–Crippen MR) is 82.3 cm³/mol. The highest BCUT2D eigenvalue weighted by molar-refractivity contribution is 5.85. The van der Waals surface area contributed by atoms with Gasteiger partial charge in [-0.05, 0) is 56.4 Å². The van der Waals surface area contributed by atoms with Crippen LogP contribution in [-0.4, -0.2) is 31.6 Å². The first-order valence-electron chi connectivity index (χ1n) is 7.56. The van der Waals surface area contributed by atoms with E-state index in [4.69, 9.17) is 0 Å². The van der Waals surface area contributed by atoms with Crippen molar-refractivity contribution in [2.24, 2.45) is 0 Å². The monoisotopic (exact) mass is 273 g/mol. The summed E-state index contributed by atoms with van der Waals surface area (Å²) in [6.45, 7) is 3.19. The summed E-state index contributed by atoms with van der Waals surface area (Å²) in [5.41, 5.74) is 3.82. The summed E-state index contributed by atoms with van der Waals surface area (Å²) in [5.74, 6) is 0.131. The van der Waals surface area contributed by atoms with Crippen LogP contribution >= 0.6 is 0 Å². The molecule has 2 heterocycles. The highest BCUT2D eigenvalue weighted by atomic mass is 16.2. The Morgan fingerprint density at radius 2 is 2.25 bits per heavy atom. The maximum atomic E-state index is 12.0. The fourth-order valence-corrected chi connectivity index (χ4v) is 3.33. The number of benzene rings is 1. The molecule has 0 bridgehead atoms. The third-order valence-corrected chi connectivity index (χ3v) is 4.47. The standard InChI is InChI=1S/C16H23N3O/c1-11-5-6-12-10-13(7-8-14(12)18-11)19-9-3-4-15(19)16(20)17-2/h7-8,10-11,15,18H,3-6,9H2,1-2H3,(H,17,20). The summed E-state index contributed by atoms with van der Waals surface area (Å²) in [6, 6.07) is 7.12. The van der Waals surface area contributed by atoms with Gasteiger partial charge in [0.1, 0.15) is 6.04 Å². The molecule has 1 aromatic carbocycles. The van der Waals surface area contributed by atoms with Crippen molar-refractivity contribution in [1.29, 1.82) is 0 Å². The second-order valence-corrected chi connectivity index (χ2v) is 5.89. The number of aryl methyl sites for hydroxylation is 1. The summed E-state index contributed by atoms with van der Waals surface area (Å²) in [4.78, 5) is 14.2. The van der Waals surface area contributed by atoms with Crippen LogP contribution in [0.5, 0.6) is 0 Å². The number of anilines is 2. The van der Waals surface area contributed by atoms with Gasteiger partial charge in [0.2, 0.25) is 5.91 Å². The third kappa shape index (κ3) is 2.35. The summed E-state index contributed by atoms with van der Waals surface area (Å²) >= 11 is 0. The van der Waals surface area contributed by atoms with Crippen LogP contribution in [0.4, 0.5) is 11.4 Å². The summed E-state index contributed by atoms with van der Waals surface area (Å²) < 4.78 is 0. The molecule has 0 spiro atoms. The highest BCUT2D eigenvalue weighted by Crippen LogP contribution is 2.32. The van der Waals surface area contributed by atoms with Gasteiger partial charge in [0.25, 0.3) is 0 Å². The second-order valence-electron chi connectivity index (χ2n) is 5.89. The Morgan fingerprint density at radius 3 is 3.05 bits per heavy atom. The lowest BCUT2D eigenvalue weighted by molar-refractivity contribution is -0.121. The molecule has 1 saturated heterocycles. The van der Waals surface area contributed by atoms with Crippen molar-refractivity contribution in [2.75, 3.05) is 23.8 Å². The summed E-state index contributed by atoms with van der Waals surface area (Å²) in [6.07, 6.45) is 4.33. The third-order valence-electron chi connectivity index (χ3n) is 4.47. The fourth-order valence-electron chi connectivity index (χ4n) is 3.33. The van der Waals surface area contributed by atoms with Crippen LogP contribution in [0.2, 0.25) is 0 Å². The quantitative estimate of drug-likeness (QED) is 0.868. The molecule has 1 aromatic rings. The second kappa shape index (κ2) is 5.35. The molecule has 20 heavy (non-hydrogen) atoms. The molecule has 1 amide bonds. The maximum Gasteiger partial charge on any atom is 0.242 e. The van der Waals surface area contributed by atoms with Crippen LogP contribution in [-0.2, 0) is 11.2 Å². The minimum absolute atomic E-state index is 0.00600. The summed E-state index contributed by atoms with van der Waals surface area (Å²) in [7, 11) is 1.72. The Morgan fingerprint density at radius 1 is 1.40 bits per heavy atom. The normalized spacial score (nSPS) is 25.0. The molecular formula is C16H23N3O. The molecular weight excluding hydrogens is 250 g/mol. The molecule has 0 aliphatic carbocycles. The van der Waals surface area contributed by atoms with Crippen molar-refractivity contribution in [3.8, 4) is 0 Å². The molecule has 1 fully saturated rings. The molecule has 108 valence electrons. The van der Waals surface area contributed by atoms with Gasteiger partial charge in [0.05, 0.1) is 0 Å². The van der Waals surface area contributed by atoms with Gasteiger partial charge < -0.3 is 15.5 Å². The van der Waals surface area contributed by atoms with Gasteiger partial charge in [-0.15, -0.1) is 0 Å². The lowest BCUT2D eigenvalue weighted by atomic mass is 9.98. The van der Waals surface area contributed by atoms with Crippen LogP contribution in [0.25, 0.3) is 0 Å². The van der Waals surface area contributed by atoms with E-state index < -0.39 is 0 Å². The van der Waals surface area contributed by atoms with E-state index in [1.165, 1.54) is 23.4 Å². The fraction of sp³-hybridized carbons (Fsp3) is 0.562. The molecule has 2 unspecified atom stereocenters. The zero-order valence-electron chi connectivity index (χ0n) is 12.3. The number of nitrogens with zero attached hydrogens (tertiary/aromatic N) is 1. The highest BCUT2D eigenvalue weighted by Gasteiger charge is 2.30. The van der Waals surface area contributed by atoms with Gasteiger partial charge in [-0.2, -0.15) is 0 Å². The van der Waals surface area contributed by atoms with Gasteiger partial charge in [-0.25, -0.2) is 0 Å². The lowest BCUT2D eigenvalue weighted by Crippen LogP contribution is -2.42. The Kier molecular flexibility index (Phi) is 3.55. The number of nitrogens with one attached hydrogen (secondary N) is 2. The SMILES string of the molecule is CNC(=O)C1CCCN1c1ccc2c(c1)CCC(C)N2. The van der Waals surface area contributed by atoms with Crippen molar-refractivity contribution < 1.29 is 4.79 Å². The Bertz CT molecular complexity index is 514. The number of carbonyl (C=O) groups is 1. The first-order valence-corrected chi connectivity index (χ1v) is 7.56. The molecule has 2 atom stereocenters. The van der Waals surface area contributed by atoms with Crippen molar-refractivity contribution in [3.63, 3.8) is 0 Å². The number of hydrogen-bond donors (Lipinski definition) is 2. The van der Waals surface area contributed by atoms with E-state index in [0.717, 1.165) is 25.8 Å². The summed E-state index contributed by atoms with van der Waals surface area (Å²) in [5, 5.41) is 6.31. The van der Waals surface area contributed by atoms with Crippen molar-refractivity contribution in [1.82, 2.24) is 5.32 Å². The van der Waals surface area contributed by atoms with Crippen LogP contribution < -0.4 is 15.5 Å². The van der Waals surface area contributed by atoms with E-state index in [1.807, 2.05) is 0 Å². The first-order chi connectivity index (χ1) is 9.69. The zero-order chi connectivity index (χ0) is 14.1. The van der Waals surface area contributed by atoms with Crippen LogP contribution in [0.1, 0.15) is 31.7 Å². The number of fused-ring (bicyclic) bond motifs is 1. The average Bonchev–Trinajstić information content (AvgIpc) is 2.95. The van der Waals surface area contributed by atoms with E-state index in [2.05, 4.69) is 40.7 Å². The smallest absolute Gasteiger partial charge is 0.242 e. The zero-order valence-corrected chi connectivity index (χ0v) is 12.3. The first kappa shape index (κ1) is 13.3. The van der Waals surface area contributed by atoms with E-state index in [-0.39, 0.29) is 11.9 Å². The van der Waals surface area contributed by atoms with Crippen LogP contribution in [0.3, 0.4) is 0 Å². The van der Waals surface area contributed by atoms with E-state index in [0.29, 0.717) is 6.04 Å². The van der Waals surface area contributed by atoms with E-state index >= 15 is 0 Å². The minimum atomic E-state index is -0.00600. The molecule has 3 rings (SSSR count). The van der Waals surface area contributed by atoms with Gasteiger partial charge in [-0.3, -0.25) is 4.79 Å². The molecule has 2 aliphatic rings. The van der Waals surface area contributed by atoms with Crippen molar-refractivity contribution >= 4 is 17.3 Å². The van der Waals surface area contributed by atoms with E-state index in [9.17, 15) is 4.79 Å². The molecule has 0 radical (unpaired) electrons. The van der Waals surface area contributed by atoms with Gasteiger partial charge in [0, 0.05) is 31.0 Å².